The Bertz CT molecular complexity index is 454. The van der Waals surface area contributed by atoms with Gasteiger partial charge in [-0.25, -0.2) is 4.98 Å². The third kappa shape index (κ3) is 3.34. The number of nitrogens with zero attached hydrogens (tertiary/aromatic N) is 1. The van der Waals surface area contributed by atoms with Gasteiger partial charge in [-0.15, -0.1) is 0 Å². The first-order chi connectivity index (χ1) is 9.52. The van der Waals surface area contributed by atoms with Crippen LogP contribution in [0.4, 0.5) is 13.2 Å². The predicted octanol–water partition coefficient (Wildman–Crippen LogP) is 3.76. The lowest BCUT2D eigenvalue weighted by Gasteiger charge is -2.29. The second-order valence-corrected chi connectivity index (χ2v) is 5.91. The van der Waals surface area contributed by atoms with Crippen LogP contribution in [0.15, 0.2) is 10.6 Å². The maximum absolute atomic E-state index is 12.8. The molecule has 2 saturated carbocycles. The number of oxazole rings is 1. The Morgan fingerprint density at radius 1 is 1.25 bits per heavy atom. The second kappa shape index (κ2) is 5.39. The van der Waals surface area contributed by atoms with Gasteiger partial charge in [-0.1, -0.05) is 6.42 Å². The van der Waals surface area contributed by atoms with Gasteiger partial charge >= 0.3 is 6.18 Å². The summed E-state index contributed by atoms with van der Waals surface area (Å²) in [6.07, 6.45) is 1.62. The normalized spacial score (nSPS) is 27.8. The molecule has 2 aliphatic carbocycles. The molecular weight excluding hydrogens is 269 g/mol. The summed E-state index contributed by atoms with van der Waals surface area (Å²) in [5.41, 5.74) is 0. The molecule has 0 bridgehead atoms. The van der Waals surface area contributed by atoms with Crippen LogP contribution in [0.5, 0.6) is 0 Å². The van der Waals surface area contributed by atoms with Crippen LogP contribution in [-0.4, -0.2) is 17.2 Å². The van der Waals surface area contributed by atoms with Crippen molar-refractivity contribution in [1.82, 2.24) is 10.3 Å². The molecule has 20 heavy (non-hydrogen) atoms. The van der Waals surface area contributed by atoms with Crippen LogP contribution in [-0.2, 0) is 6.54 Å². The molecule has 0 saturated heterocycles. The van der Waals surface area contributed by atoms with E-state index < -0.39 is 12.1 Å². The zero-order valence-electron chi connectivity index (χ0n) is 11.2. The minimum Gasteiger partial charge on any atom is -0.444 e. The van der Waals surface area contributed by atoms with Crippen molar-refractivity contribution in [1.29, 1.82) is 0 Å². The fraction of sp³-hybridized carbons (Fsp3) is 0.786. The summed E-state index contributed by atoms with van der Waals surface area (Å²) in [4.78, 5) is 4.17. The highest BCUT2D eigenvalue weighted by molar-refractivity contribution is 5.04. The van der Waals surface area contributed by atoms with Crippen molar-refractivity contribution in [3.05, 3.63) is 17.8 Å². The number of nitrogens with one attached hydrogen (secondary N) is 1. The highest BCUT2D eigenvalue weighted by Crippen LogP contribution is 2.43. The topological polar surface area (TPSA) is 38.1 Å². The summed E-state index contributed by atoms with van der Waals surface area (Å²) >= 11 is 0. The molecule has 1 aromatic rings. The zero-order chi connectivity index (χ0) is 14.2. The molecule has 3 rings (SSSR count). The van der Waals surface area contributed by atoms with E-state index in [0.29, 0.717) is 30.7 Å². The minimum atomic E-state index is -4.09. The Balaban J connectivity index is 1.59. The lowest BCUT2D eigenvalue weighted by Crippen LogP contribution is -2.27. The molecular formula is C14H19F3N2O. The number of hydrogen-bond donors (Lipinski definition) is 1. The lowest BCUT2D eigenvalue weighted by atomic mass is 9.80. The van der Waals surface area contributed by atoms with Gasteiger partial charge in [-0.2, -0.15) is 13.2 Å². The molecule has 112 valence electrons. The molecule has 1 N–H and O–H groups in total. The van der Waals surface area contributed by atoms with Gasteiger partial charge in [0.1, 0.15) is 5.76 Å². The van der Waals surface area contributed by atoms with Gasteiger partial charge in [-0.3, -0.25) is 0 Å². The van der Waals surface area contributed by atoms with Crippen molar-refractivity contribution >= 4 is 0 Å². The van der Waals surface area contributed by atoms with Gasteiger partial charge in [0.15, 0.2) is 0 Å². The van der Waals surface area contributed by atoms with Crippen molar-refractivity contribution in [2.45, 2.75) is 63.2 Å². The van der Waals surface area contributed by atoms with Gasteiger partial charge in [0.05, 0.1) is 18.7 Å². The van der Waals surface area contributed by atoms with Crippen molar-refractivity contribution in [3.8, 4) is 0 Å². The summed E-state index contributed by atoms with van der Waals surface area (Å²) in [5.74, 6) is -0.135. The van der Waals surface area contributed by atoms with Crippen molar-refractivity contribution in [3.63, 3.8) is 0 Å². The van der Waals surface area contributed by atoms with Crippen LogP contribution in [0.3, 0.4) is 0 Å². The third-order valence-corrected chi connectivity index (χ3v) is 4.23. The fourth-order valence-corrected chi connectivity index (χ4v) is 2.86. The Hall–Kier alpha value is -1.04. The van der Waals surface area contributed by atoms with E-state index in [-0.39, 0.29) is 18.8 Å². The van der Waals surface area contributed by atoms with Gasteiger partial charge in [0.25, 0.3) is 0 Å². The number of aromatic nitrogens is 1. The first-order valence-electron chi connectivity index (χ1n) is 7.27. The Morgan fingerprint density at radius 2 is 2.05 bits per heavy atom. The Morgan fingerprint density at radius 3 is 2.75 bits per heavy atom. The van der Waals surface area contributed by atoms with E-state index in [1.807, 2.05) is 0 Å². The van der Waals surface area contributed by atoms with Crippen LogP contribution in [0.2, 0.25) is 0 Å². The fourth-order valence-electron chi connectivity index (χ4n) is 2.86. The van der Waals surface area contributed by atoms with Crippen LogP contribution in [0.25, 0.3) is 0 Å². The first kappa shape index (κ1) is 13.9. The molecule has 2 fully saturated rings. The molecule has 0 radical (unpaired) electrons. The lowest BCUT2D eigenvalue weighted by molar-refractivity contribution is -0.183. The summed E-state index contributed by atoms with van der Waals surface area (Å²) in [6, 6.07) is 0.564. The molecule has 2 unspecified atom stereocenters. The van der Waals surface area contributed by atoms with E-state index in [2.05, 4.69) is 10.3 Å². The van der Waals surface area contributed by atoms with E-state index in [9.17, 15) is 13.2 Å². The van der Waals surface area contributed by atoms with Crippen molar-refractivity contribution in [2.24, 2.45) is 5.92 Å². The van der Waals surface area contributed by atoms with Gasteiger partial charge < -0.3 is 9.73 Å². The minimum absolute atomic E-state index is 0.133. The zero-order valence-corrected chi connectivity index (χ0v) is 11.2. The molecule has 0 amide bonds. The smallest absolute Gasteiger partial charge is 0.391 e. The van der Waals surface area contributed by atoms with Crippen LogP contribution < -0.4 is 5.32 Å². The van der Waals surface area contributed by atoms with Crippen LogP contribution >= 0.6 is 0 Å². The van der Waals surface area contributed by atoms with Gasteiger partial charge in [-0.05, 0) is 32.1 Å². The van der Waals surface area contributed by atoms with Crippen molar-refractivity contribution in [2.75, 3.05) is 0 Å². The van der Waals surface area contributed by atoms with Crippen LogP contribution in [0.1, 0.15) is 56.1 Å². The molecule has 0 aromatic carbocycles. The first-order valence-corrected chi connectivity index (χ1v) is 7.27. The number of hydrogen-bond acceptors (Lipinski definition) is 3. The second-order valence-electron chi connectivity index (χ2n) is 5.91. The van der Waals surface area contributed by atoms with Gasteiger partial charge in [0, 0.05) is 12.0 Å². The molecule has 1 aromatic heterocycles. The summed E-state index contributed by atoms with van der Waals surface area (Å²) in [7, 11) is 0. The monoisotopic (exact) mass is 288 g/mol. The molecule has 6 heteroatoms. The molecule has 0 aliphatic heterocycles. The van der Waals surface area contributed by atoms with Gasteiger partial charge in [0.2, 0.25) is 5.89 Å². The average molecular weight is 288 g/mol. The Labute approximate surface area is 115 Å². The summed E-state index contributed by atoms with van der Waals surface area (Å²) < 4.78 is 44.0. The average Bonchev–Trinajstić information content (AvgIpc) is 3.12. The molecule has 3 nitrogen and oxygen atoms in total. The van der Waals surface area contributed by atoms with E-state index in [4.69, 9.17) is 4.42 Å². The maximum Gasteiger partial charge on any atom is 0.391 e. The predicted molar refractivity (Wildman–Crippen MR) is 67.1 cm³/mol. The summed E-state index contributed by atoms with van der Waals surface area (Å²) in [5, 5.41) is 3.29. The van der Waals surface area contributed by atoms with E-state index in [1.54, 1.807) is 6.20 Å². The van der Waals surface area contributed by atoms with E-state index in [0.717, 1.165) is 6.42 Å². The number of halogens is 3. The standard InChI is InChI=1S/C14H19F3N2O/c15-14(16,17)10-3-1-2-9(6-10)12-7-19-13(20-12)8-18-11-4-5-11/h7,9-11,18H,1-6,8H2. The van der Waals surface area contributed by atoms with E-state index >= 15 is 0 Å². The van der Waals surface area contributed by atoms with Crippen molar-refractivity contribution < 1.29 is 17.6 Å². The molecule has 2 aliphatic rings. The highest BCUT2D eigenvalue weighted by Gasteiger charge is 2.43. The summed E-state index contributed by atoms with van der Waals surface area (Å²) in [6.45, 7) is 0.570. The Kier molecular flexibility index (Phi) is 3.75. The quantitative estimate of drug-likeness (QED) is 0.916. The third-order valence-electron chi connectivity index (χ3n) is 4.23. The SMILES string of the molecule is FC(F)(F)C1CCCC(c2cnc(CNC3CC3)o2)C1. The van der Waals surface area contributed by atoms with E-state index in [1.165, 1.54) is 12.8 Å². The molecule has 2 atom stereocenters. The largest absolute Gasteiger partial charge is 0.444 e. The molecule has 0 spiro atoms. The molecule has 1 heterocycles. The highest BCUT2D eigenvalue weighted by atomic mass is 19.4. The maximum atomic E-state index is 12.8. The number of alkyl halides is 3. The van der Waals surface area contributed by atoms with Crippen LogP contribution in [0, 0.1) is 5.92 Å². The number of rotatable bonds is 4.